The van der Waals surface area contributed by atoms with Crippen LogP contribution in [0.5, 0.6) is 5.75 Å². The van der Waals surface area contributed by atoms with Crippen molar-refractivity contribution in [1.29, 1.82) is 0 Å². The van der Waals surface area contributed by atoms with Crippen molar-refractivity contribution in [3.63, 3.8) is 0 Å². The molecule has 10 heteroatoms. The van der Waals surface area contributed by atoms with Crippen molar-refractivity contribution in [3.8, 4) is 17.0 Å². The number of hydrogen-bond acceptors (Lipinski definition) is 6. The number of imidazole rings is 1. The zero-order valence-corrected chi connectivity index (χ0v) is 19.7. The molecule has 0 atom stereocenters. The van der Waals surface area contributed by atoms with Crippen molar-refractivity contribution in [2.75, 3.05) is 31.0 Å². The summed E-state index contributed by atoms with van der Waals surface area (Å²) >= 11 is 0. The zero-order chi connectivity index (χ0) is 25.1. The normalized spacial score (nSPS) is 10.8. The summed E-state index contributed by atoms with van der Waals surface area (Å²) in [6.45, 7) is 3.85. The van der Waals surface area contributed by atoms with E-state index in [1.165, 1.54) is 30.2 Å². The van der Waals surface area contributed by atoms with Crippen LogP contribution in [0.25, 0.3) is 16.9 Å². The van der Waals surface area contributed by atoms with E-state index >= 15 is 0 Å². The number of amides is 2. The van der Waals surface area contributed by atoms with Gasteiger partial charge in [-0.15, -0.1) is 0 Å². The van der Waals surface area contributed by atoms with Crippen LogP contribution in [0.3, 0.4) is 0 Å². The number of methoxy groups -OCH3 is 1. The lowest BCUT2D eigenvalue weighted by molar-refractivity contribution is 0.0992. The molecule has 0 unspecified atom stereocenters. The third-order valence-electron chi connectivity index (χ3n) is 5.43. The SMILES string of the molecule is CCOC(=O)Nc1ccc(-c2cnc3c(C)cc(C(=O)N(C)c4ccc(F)c(OC)c4)cn23)cn1. The minimum absolute atomic E-state index is 0.0547. The van der Waals surface area contributed by atoms with Crippen LogP contribution in [0.1, 0.15) is 22.8 Å². The number of ether oxygens (including phenoxy) is 2. The Morgan fingerprint density at radius 2 is 1.94 bits per heavy atom. The van der Waals surface area contributed by atoms with Gasteiger partial charge in [-0.25, -0.2) is 19.2 Å². The molecule has 0 fully saturated rings. The number of carbonyl (C=O) groups is 2. The quantitative estimate of drug-likeness (QED) is 0.432. The summed E-state index contributed by atoms with van der Waals surface area (Å²) in [7, 11) is 2.98. The molecule has 2 amide bonds. The molecule has 0 aliphatic carbocycles. The maximum Gasteiger partial charge on any atom is 0.412 e. The van der Waals surface area contributed by atoms with Gasteiger partial charge in [0.15, 0.2) is 11.6 Å². The van der Waals surface area contributed by atoms with Gasteiger partial charge in [0, 0.05) is 36.8 Å². The average Bonchev–Trinajstić information content (AvgIpc) is 3.28. The van der Waals surface area contributed by atoms with E-state index in [1.807, 2.05) is 11.3 Å². The molecule has 4 rings (SSSR count). The van der Waals surface area contributed by atoms with Gasteiger partial charge in [-0.05, 0) is 49.7 Å². The summed E-state index contributed by atoms with van der Waals surface area (Å²) in [5.41, 5.74) is 3.88. The number of halogens is 1. The third-order valence-corrected chi connectivity index (χ3v) is 5.43. The van der Waals surface area contributed by atoms with Crippen molar-refractivity contribution in [1.82, 2.24) is 14.4 Å². The summed E-state index contributed by atoms with van der Waals surface area (Å²) < 4.78 is 25.5. The van der Waals surface area contributed by atoms with E-state index in [1.54, 1.807) is 50.8 Å². The third kappa shape index (κ3) is 4.77. The number of benzene rings is 1. The van der Waals surface area contributed by atoms with Crippen molar-refractivity contribution in [3.05, 3.63) is 71.9 Å². The molecule has 3 aromatic heterocycles. The van der Waals surface area contributed by atoms with Gasteiger partial charge in [-0.1, -0.05) is 0 Å². The van der Waals surface area contributed by atoms with E-state index < -0.39 is 11.9 Å². The largest absolute Gasteiger partial charge is 0.494 e. The number of nitrogens with one attached hydrogen (secondary N) is 1. The molecular formula is C25H24FN5O4. The van der Waals surface area contributed by atoms with E-state index in [0.29, 0.717) is 22.7 Å². The van der Waals surface area contributed by atoms with E-state index in [2.05, 4.69) is 15.3 Å². The molecule has 180 valence electrons. The average molecular weight is 477 g/mol. The summed E-state index contributed by atoms with van der Waals surface area (Å²) in [6, 6.07) is 9.45. The number of nitrogens with zero attached hydrogens (tertiary/aromatic N) is 4. The van der Waals surface area contributed by atoms with Gasteiger partial charge < -0.3 is 14.4 Å². The lowest BCUT2D eigenvalue weighted by atomic mass is 10.1. The minimum atomic E-state index is -0.579. The van der Waals surface area contributed by atoms with Gasteiger partial charge >= 0.3 is 6.09 Å². The number of anilines is 2. The molecule has 1 aromatic carbocycles. The Labute approximate surface area is 201 Å². The summed E-state index contributed by atoms with van der Waals surface area (Å²) in [5, 5.41) is 2.55. The van der Waals surface area contributed by atoms with Gasteiger partial charge in [-0.3, -0.25) is 14.5 Å². The van der Waals surface area contributed by atoms with Gasteiger partial charge in [0.05, 0.1) is 31.2 Å². The highest BCUT2D eigenvalue weighted by Crippen LogP contribution is 2.27. The first kappa shape index (κ1) is 23.7. The molecule has 1 N–H and O–H groups in total. The molecule has 35 heavy (non-hydrogen) atoms. The first-order valence-electron chi connectivity index (χ1n) is 10.8. The van der Waals surface area contributed by atoms with Crippen LogP contribution in [0.2, 0.25) is 0 Å². The highest BCUT2D eigenvalue weighted by atomic mass is 19.1. The Hall–Kier alpha value is -4.47. The van der Waals surface area contributed by atoms with Crippen molar-refractivity contribution in [2.24, 2.45) is 0 Å². The second-order valence-electron chi connectivity index (χ2n) is 7.71. The first-order chi connectivity index (χ1) is 16.8. The summed E-state index contributed by atoms with van der Waals surface area (Å²) in [6.07, 6.45) is 4.42. The van der Waals surface area contributed by atoms with E-state index in [-0.39, 0.29) is 18.3 Å². The molecule has 3 heterocycles. The molecule has 0 saturated heterocycles. The fourth-order valence-corrected chi connectivity index (χ4v) is 3.65. The fourth-order valence-electron chi connectivity index (χ4n) is 3.65. The second kappa shape index (κ2) is 9.80. The van der Waals surface area contributed by atoms with Gasteiger partial charge in [0.1, 0.15) is 11.5 Å². The van der Waals surface area contributed by atoms with Crippen molar-refractivity contribution < 1.29 is 23.5 Å². The Bertz CT molecular complexity index is 1400. The number of pyridine rings is 2. The number of carbonyl (C=O) groups excluding carboxylic acids is 2. The van der Waals surface area contributed by atoms with Crippen molar-refractivity contribution in [2.45, 2.75) is 13.8 Å². The maximum absolute atomic E-state index is 13.8. The Balaban J connectivity index is 1.66. The maximum atomic E-state index is 13.8. The zero-order valence-electron chi connectivity index (χ0n) is 19.7. The monoisotopic (exact) mass is 477 g/mol. The first-order valence-corrected chi connectivity index (χ1v) is 10.8. The molecule has 0 saturated carbocycles. The highest BCUT2D eigenvalue weighted by Gasteiger charge is 2.19. The van der Waals surface area contributed by atoms with Crippen LogP contribution >= 0.6 is 0 Å². The molecular weight excluding hydrogens is 453 g/mol. The predicted octanol–water partition coefficient (Wildman–Crippen LogP) is 4.70. The number of aryl methyl sites for hydroxylation is 1. The van der Waals surface area contributed by atoms with Crippen LogP contribution < -0.4 is 15.0 Å². The minimum Gasteiger partial charge on any atom is -0.494 e. The van der Waals surface area contributed by atoms with Crippen LogP contribution in [0.4, 0.5) is 20.7 Å². The number of aromatic nitrogens is 3. The molecule has 4 aromatic rings. The predicted molar refractivity (Wildman–Crippen MR) is 129 cm³/mol. The van der Waals surface area contributed by atoms with Crippen LogP contribution in [-0.4, -0.2) is 47.1 Å². The molecule has 9 nitrogen and oxygen atoms in total. The second-order valence-corrected chi connectivity index (χ2v) is 7.71. The summed E-state index contributed by atoms with van der Waals surface area (Å²) in [4.78, 5) is 35.1. The molecule has 0 bridgehead atoms. The molecule has 0 aliphatic heterocycles. The number of fused-ring (bicyclic) bond motifs is 1. The lowest BCUT2D eigenvalue weighted by Crippen LogP contribution is -2.26. The van der Waals surface area contributed by atoms with Crippen LogP contribution in [-0.2, 0) is 4.74 Å². The Morgan fingerprint density at radius 3 is 2.63 bits per heavy atom. The van der Waals surface area contributed by atoms with Gasteiger partial charge in [0.2, 0.25) is 0 Å². The Kier molecular flexibility index (Phi) is 6.63. The molecule has 0 radical (unpaired) electrons. The fraction of sp³-hybridized carbons (Fsp3) is 0.200. The van der Waals surface area contributed by atoms with Gasteiger partial charge in [0.25, 0.3) is 5.91 Å². The molecule has 0 spiro atoms. The topological polar surface area (TPSA) is 98.1 Å². The summed E-state index contributed by atoms with van der Waals surface area (Å²) in [5.74, 6) is -0.381. The lowest BCUT2D eigenvalue weighted by Gasteiger charge is -2.19. The molecule has 0 aliphatic rings. The standard InChI is InChI=1S/C25H24FN5O4/c1-5-35-25(33)29-22-9-6-16(12-27-22)20-13-28-23-15(2)10-17(14-31(20)23)24(32)30(3)18-7-8-19(26)21(11-18)34-4/h6-14H,5H2,1-4H3,(H,27,29,33). The van der Waals surface area contributed by atoms with E-state index in [9.17, 15) is 14.0 Å². The van der Waals surface area contributed by atoms with Crippen LogP contribution in [0, 0.1) is 12.7 Å². The smallest absolute Gasteiger partial charge is 0.412 e. The highest BCUT2D eigenvalue weighted by molar-refractivity contribution is 6.06. The number of hydrogen-bond donors (Lipinski definition) is 1. The number of rotatable bonds is 6. The van der Waals surface area contributed by atoms with E-state index in [0.717, 1.165) is 16.8 Å². The van der Waals surface area contributed by atoms with E-state index in [4.69, 9.17) is 9.47 Å². The van der Waals surface area contributed by atoms with Crippen molar-refractivity contribution >= 4 is 29.2 Å². The Morgan fingerprint density at radius 1 is 1.14 bits per heavy atom. The van der Waals surface area contributed by atoms with Crippen LogP contribution in [0.15, 0.2) is 55.0 Å². The van der Waals surface area contributed by atoms with Gasteiger partial charge in [-0.2, -0.15) is 0 Å².